The van der Waals surface area contributed by atoms with Crippen LogP contribution in [-0.4, -0.2) is 43.2 Å². The van der Waals surface area contributed by atoms with Gasteiger partial charge < -0.3 is 9.22 Å². The van der Waals surface area contributed by atoms with Crippen molar-refractivity contribution in [3.63, 3.8) is 0 Å². The lowest BCUT2D eigenvalue weighted by molar-refractivity contribution is -0.920. The molecule has 156 valence electrons. The summed E-state index contributed by atoms with van der Waals surface area (Å²) in [5.41, 5.74) is 2.74. The van der Waals surface area contributed by atoms with Crippen molar-refractivity contribution >= 4 is 5.97 Å². The second kappa shape index (κ2) is 12.8. The highest BCUT2D eigenvalue weighted by molar-refractivity contribution is 5.70. The Labute approximate surface area is 172 Å². The number of likely N-dealkylation sites (tertiary alicyclic amines) is 1. The van der Waals surface area contributed by atoms with Gasteiger partial charge in [0.2, 0.25) is 0 Å². The van der Waals surface area contributed by atoms with Crippen molar-refractivity contribution in [3.05, 3.63) is 47.5 Å². The molecule has 2 rings (SSSR count). The molecule has 0 aliphatic carbocycles. The number of piperidine rings is 1. The van der Waals surface area contributed by atoms with Gasteiger partial charge >= 0.3 is 5.97 Å². The minimum absolute atomic E-state index is 0.00787. The van der Waals surface area contributed by atoms with E-state index >= 15 is 0 Å². The van der Waals surface area contributed by atoms with Crippen LogP contribution in [0.2, 0.25) is 0 Å². The van der Waals surface area contributed by atoms with Crippen LogP contribution in [0.15, 0.2) is 42.0 Å². The van der Waals surface area contributed by atoms with Gasteiger partial charge in [-0.1, -0.05) is 68.5 Å². The molecule has 0 radical (unpaired) electrons. The van der Waals surface area contributed by atoms with E-state index in [1.165, 1.54) is 56.1 Å². The first-order valence-corrected chi connectivity index (χ1v) is 11.3. The van der Waals surface area contributed by atoms with Gasteiger partial charge in [-0.3, -0.25) is 0 Å². The Kier molecular flexibility index (Phi) is 10.3. The summed E-state index contributed by atoms with van der Waals surface area (Å²) in [4.78, 5) is 12.5. The van der Waals surface area contributed by atoms with E-state index in [0.717, 1.165) is 37.0 Å². The lowest BCUT2D eigenvalue weighted by Crippen LogP contribution is -2.54. The first-order valence-electron chi connectivity index (χ1n) is 11.3. The lowest BCUT2D eigenvalue weighted by atomic mass is 10.0. The summed E-state index contributed by atoms with van der Waals surface area (Å²) in [6.45, 7) is 8.70. The number of carbonyl (C=O) groups excluding carboxylic acids is 1. The fourth-order valence-electron chi connectivity index (χ4n) is 4.14. The van der Waals surface area contributed by atoms with Gasteiger partial charge in [-0.15, -0.1) is 0 Å². The zero-order valence-electron chi connectivity index (χ0n) is 18.1. The van der Waals surface area contributed by atoms with E-state index in [2.05, 4.69) is 50.3 Å². The SMILES string of the molecule is CCCCCCCOC(=O)C[N+]1(C/C=C(\C)Cc2ccccc2)CCCCC1. The summed E-state index contributed by atoms with van der Waals surface area (Å²) < 4.78 is 6.45. The molecule has 1 heterocycles. The average Bonchev–Trinajstić information content (AvgIpc) is 2.71. The van der Waals surface area contributed by atoms with Crippen LogP contribution in [0.25, 0.3) is 0 Å². The molecule has 0 spiro atoms. The number of carbonyl (C=O) groups is 1. The van der Waals surface area contributed by atoms with Crippen molar-refractivity contribution in [2.75, 3.05) is 32.8 Å². The quantitative estimate of drug-likeness (QED) is 0.200. The van der Waals surface area contributed by atoms with Crippen molar-refractivity contribution in [2.45, 2.75) is 71.6 Å². The van der Waals surface area contributed by atoms with Crippen molar-refractivity contribution in [2.24, 2.45) is 0 Å². The second-order valence-electron chi connectivity index (χ2n) is 8.54. The predicted molar refractivity (Wildman–Crippen MR) is 117 cm³/mol. The van der Waals surface area contributed by atoms with Crippen LogP contribution in [0.5, 0.6) is 0 Å². The van der Waals surface area contributed by atoms with Gasteiger partial charge in [-0.05, 0) is 50.7 Å². The minimum atomic E-state index is -0.00787. The molecular formula is C25H40NO2+. The third-order valence-corrected chi connectivity index (χ3v) is 5.89. The highest BCUT2D eigenvalue weighted by atomic mass is 16.5. The van der Waals surface area contributed by atoms with Crippen LogP contribution in [0.4, 0.5) is 0 Å². The largest absolute Gasteiger partial charge is 0.462 e. The molecule has 1 aromatic rings. The molecule has 0 N–H and O–H groups in total. The summed E-state index contributed by atoms with van der Waals surface area (Å²) >= 11 is 0. The Morgan fingerprint density at radius 3 is 2.46 bits per heavy atom. The highest BCUT2D eigenvalue weighted by Gasteiger charge is 2.32. The molecule has 28 heavy (non-hydrogen) atoms. The second-order valence-corrected chi connectivity index (χ2v) is 8.54. The number of ether oxygens (including phenoxy) is 1. The minimum Gasteiger partial charge on any atom is -0.462 e. The number of quaternary nitrogens is 1. The van der Waals surface area contributed by atoms with Crippen molar-refractivity contribution in [1.82, 2.24) is 0 Å². The van der Waals surface area contributed by atoms with Gasteiger partial charge in [0, 0.05) is 0 Å². The van der Waals surface area contributed by atoms with Gasteiger partial charge in [0.05, 0.1) is 26.2 Å². The number of rotatable bonds is 12. The smallest absolute Gasteiger partial charge is 0.361 e. The molecule has 0 unspecified atom stereocenters. The summed E-state index contributed by atoms with van der Waals surface area (Å²) in [6, 6.07) is 10.6. The average molecular weight is 387 g/mol. The molecule has 0 saturated carbocycles. The first kappa shape index (κ1) is 22.7. The Morgan fingerprint density at radius 2 is 1.75 bits per heavy atom. The van der Waals surface area contributed by atoms with E-state index in [4.69, 9.17) is 4.74 Å². The summed E-state index contributed by atoms with van der Waals surface area (Å²) in [7, 11) is 0. The lowest BCUT2D eigenvalue weighted by Gasteiger charge is -2.40. The molecule has 1 aliphatic heterocycles. The standard InChI is InChI=1S/C25H40NO2/c1-3-4-5-6-13-20-28-25(27)22-26(17-11-8-12-18-26)19-16-23(2)21-24-14-9-7-10-15-24/h7,9-10,14-16H,3-6,8,11-13,17-22H2,1-2H3/q+1/b23-16+. The Hall–Kier alpha value is -1.61. The van der Waals surface area contributed by atoms with Gasteiger partial charge in [0.1, 0.15) is 0 Å². The topological polar surface area (TPSA) is 26.3 Å². The van der Waals surface area contributed by atoms with Crippen molar-refractivity contribution in [3.8, 4) is 0 Å². The number of benzene rings is 1. The molecule has 1 aliphatic rings. The van der Waals surface area contributed by atoms with Crippen LogP contribution in [-0.2, 0) is 16.0 Å². The van der Waals surface area contributed by atoms with Crippen LogP contribution >= 0.6 is 0 Å². The number of hydrogen-bond donors (Lipinski definition) is 0. The van der Waals surface area contributed by atoms with Gasteiger partial charge in [0.15, 0.2) is 6.54 Å². The summed E-state index contributed by atoms with van der Waals surface area (Å²) in [6.07, 6.45) is 13.0. The molecule has 1 fully saturated rings. The Morgan fingerprint density at radius 1 is 1.04 bits per heavy atom. The van der Waals surface area contributed by atoms with E-state index < -0.39 is 0 Å². The zero-order chi connectivity index (χ0) is 20.1. The van der Waals surface area contributed by atoms with Crippen molar-refractivity contribution in [1.29, 1.82) is 0 Å². The van der Waals surface area contributed by atoms with Crippen molar-refractivity contribution < 1.29 is 14.0 Å². The van der Waals surface area contributed by atoms with Crippen LogP contribution in [0, 0.1) is 0 Å². The van der Waals surface area contributed by atoms with Gasteiger partial charge in [-0.25, -0.2) is 4.79 Å². The predicted octanol–water partition coefficient (Wildman–Crippen LogP) is 5.69. The summed E-state index contributed by atoms with van der Waals surface area (Å²) in [5.74, 6) is -0.00787. The van der Waals surface area contributed by atoms with E-state index in [1.54, 1.807) is 0 Å². The van der Waals surface area contributed by atoms with Crippen LogP contribution in [0.3, 0.4) is 0 Å². The number of esters is 1. The Balaban J connectivity index is 1.83. The third kappa shape index (κ3) is 8.60. The zero-order valence-corrected chi connectivity index (χ0v) is 18.1. The van der Waals surface area contributed by atoms with Gasteiger partial charge in [0.25, 0.3) is 0 Å². The van der Waals surface area contributed by atoms with E-state index in [0.29, 0.717) is 13.2 Å². The molecule has 0 amide bonds. The maximum Gasteiger partial charge on any atom is 0.361 e. The number of nitrogens with zero attached hydrogens (tertiary/aromatic N) is 1. The van der Waals surface area contributed by atoms with E-state index in [-0.39, 0.29) is 5.97 Å². The molecule has 3 nitrogen and oxygen atoms in total. The molecular weight excluding hydrogens is 346 g/mol. The molecule has 1 aromatic carbocycles. The van der Waals surface area contributed by atoms with Gasteiger partial charge in [-0.2, -0.15) is 0 Å². The fourth-order valence-corrected chi connectivity index (χ4v) is 4.14. The number of allylic oxidation sites excluding steroid dienone is 1. The molecule has 1 saturated heterocycles. The maximum atomic E-state index is 12.5. The number of unbranched alkanes of at least 4 members (excludes halogenated alkanes) is 4. The van der Waals surface area contributed by atoms with Crippen LogP contribution < -0.4 is 0 Å². The normalized spacial score (nSPS) is 16.7. The Bertz CT molecular complexity index is 588. The fraction of sp³-hybridized carbons (Fsp3) is 0.640. The van der Waals surface area contributed by atoms with Crippen LogP contribution in [0.1, 0.15) is 70.8 Å². The number of hydrogen-bond acceptors (Lipinski definition) is 2. The molecule has 0 atom stereocenters. The van der Waals surface area contributed by atoms with E-state index in [1.807, 2.05) is 0 Å². The highest BCUT2D eigenvalue weighted by Crippen LogP contribution is 2.20. The maximum absolute atomic E-state index is 12.5. The molecule has 0 aromatic heterocycles. The first-order chi connectivity index (χ1) is 13.6. The van der Waals surface area contributed by atoms with E-state index in [9.17, 15) is 4.79 Å². The monoisotopic (exact) mass is 386 g/mol. The molecule has 3 heteroatoms. The summed E-state index contributed by atoms with van der Waals surface area (Å²) in [5, 5.41) is 0. The molecule has 0 bridgehead atoms. The third-order valence-electron chi connectivity index (χ3n) is 5.89.